The fourth-order valence-corrected chi connectivity index (χ4v) is 2.34. The highest BCUT2D eigenvalue weighted by molar-refractivity contribution is 5.60. The van der Waals surface area contributed by atoms with Crippen molar-refractivity contribution in [2.24, 2.45) is 0 Å². The van der Waals surface area contributed by atoms with E-state index in [9.17, 15) is 10.1 Å². The summed E-state index contributed by atoms with van der Waals surface area (Å²) in [5.41, 5.74) is 0.0235. The van der Waals surface area contributed by atoms with Crippen LogP contribution >= 0.6 is 0 Å². The summed E-state index contributed by atoms with van der Waals surface area (Å²) < 4.78 is 5.46. The summed E-state index contributed by atoms with van der Waals surface area (Å²) in [6.45, 7) is 1.48. The fourth-order valence-electron chi connectivity index (χ4n) is 2.34. The van der Waals surface area contributed by atoms with Gasteiger partial charge in [-0.15, -0.1) is 0 Å². The molecule has 0 aromatic carbocycles. The van der Waals surface area contributed by atoms with E-state index in [2.05, 4.69) is 4.98 Å². The smallest absolute Gasteiger partial charge is 0.312 e. The van der Waals surface area contributed by atoms with Crippen LogP contribution in [-0.4, -0.2) is 47.4 Å². The average molecular weight is 292 g/mol. The number of nitro groups is 1. The van der Waals surface area contributed by atoms with E-state index in [0.717, 1.165) is 12.8 Å². The van der Waals surface area contributed by atoms with Crippen molar-refractivity contribution in [2.45, 2.75) is 18.9 Å². The number of nitrogens with zero attached hydrogens (tertiary/aromatic N) is 4. The summed E-state index contributed by atoms with van der Waals surface area (Å²) in [7, 11) is 0. The standard InChI is InChI=1S/C13H16N4O4/c14-8-10-7-12(17(19)20)13(15-9-10)16-3-1-11(2-4-16)21-6-5-18/h7,9,11,18H,1-6H2. The average Bonchev–Trinajstić information content (AvgIpc) is 2.52. The predicted octanol–water partition coefficient (Wildman–Crippen LogP) is 0.839. The molecule has 2 rings (SSSR count). The maximum Gasteiger partial charge on any atom is 0.312 e. The number of aliphatic hydroxyl groups excluding tert-OH is 1. The number of aromatic nitrogens is 1. The van der Waals surface area contributed by atoms with E-state index < -0.39 is 4.92 Å². The zero-order valence-electron chi connectivity index (χ0n) is 11.4. The van der Waals surface area contributed by atoms with Crippen molar-refractivity contribution in [3.63, 3.8) is 0 Å². The lowest BCUT2D eigenvalue weighted by Crippen LogP contribution is -2.38. The first-order valence-electron chi connectivity index (χ1n) is 6.67. The molecule has 8 nitrogen and oxygen atoms in total. The number of hydrogen-bond acceptors (Lipinski definition) is 7. The van der Waals surface area contributed by atoms with Gasteiger partial charge in [-0.2, -0.15) is 5.26 Å². The number of nitriles is 1. The van der Waals surface area contributed by atoms with E-state index in [-0.39, 0.29) is 24.0 Å². The van der Waals surface area contributed by atoms with Crippen molar-refractivity contribution in [3.05, 3.63) is 27.9 Å². The van der Waals surface area contributed by atoms with Crippen molar-refractivity contribution < 1.29 is 14.8 Å². The second kappa shape index (κ2) is 6.97. The van der Waals surface area contributed by atoms with Crippen molar-refractivity contribution in [1.29, 1.82) is 5.26 Å². The molecule has 0 bridgehead atoms. The lowest BCUT2D eigenvalue weighted by molar-refractivity contribution is -0.384. The number of aliphatic hydroxyl groups is 1. The fraction of sp³-hybridized carbons (Fsp3) is 0.538. The van der Waals surface area contributed by atoms with Gasteiger partial charge in [0.25, 0.3) is 0 Å². The molecule has 8 heteroatoms. The maximum absolute atomic E-state index is 11.1. The van der Waals surface area contributed by atoms with Crippen LogP contribution in [0.1, 0.15) is 18.4 Å². The van der Waals surface area contributed by atoms with Crippen LogP contribution in [0.15, 0.2) is 12.3 Å². The molecule has 1 aliphatic rings. The first-order valence-corrected chi connectivity index (χ1v) is 6.67. The van der Waals surface area contributed by atoms with Gasteiger partial charge in [-0.25, -0.2) is 4.98 Å². The Bertz CT molecular complexity index is 550. The molecular weight excluding hydrogens is 276 g/mol. The molecule has 1 fully saturated rings. The third-order valence-corrected chi connectivity index (χ3v) is 3.36. The molecule has 0 unspecified atom stereocenters. The van der Waals surface area contributed by atoms with Crippen LogP contribution in [0.5, 0.6) is 0 Å². The summed E-state index contributed by atoms with van der Waals surface area (Å²) in [5.74, 6) is 0.291. The van der Waals surface area contributed by atoms with Crippen LogP contribution in [0, 0.1) is 21.4 Å². The largest absolute Gasteiger partial charge is 0.394 e. The van der Waals surface area contributed by atoms with E-state index in [1.165, 1.54) is 12.3 Å². The molecule has 2 heterocycles. The molecule has 0 saturated carbocycles. The van der Waals surface area contributed by atoms with Gasteiger partial charge >= 0.3 is 5.69 Å². The quantitative estimate of drug-likeness (QED) is 0.632. The van der Waals surface area contributed by atoms with Gasteiger partial charge in [0.1, 0.15) is 6.07 Å². The zero-order chi connectivity index (χ0) is 15.2. The second-order valence-corrected chi connectivity index (χ2v) is 4.72. The van der Waals surface area contributed by atoms with Gasteiger partial charge in [0.2, 0.25) is 5.82 Å². The Hall–Kier alpha value is -2.24. The lowest BCUT2D eigenvalue weighted by atomic mass is 10.1. The monoisotopic (exact) mass is 292 g/mol. The third-order valence-electron chi connectivity index (χ3n) is 3.36. The van der Waals surface area contributed by atoms with E-state index in [0.29, 0.717) is 25.5 Å². The van der Waals surface area contributed by atoms with E-state index >= 15 is 0 Å². The van der Waals surface area contributed by atoms with Crippen LogP contribution in [0.2, 0.25) is 0 Å². The maximum atomic E-state index is 11.1. The van der Waals surface area contributed by atoms with Gasteiger partial charge in [-0.05, 0) is 12.8 Å². The molecule has 0 atom stereocenters. The van der Waals surface area contributed by atoms with Crippen LogP contribution in [0.4, 0.5) is 11.5 Å². The van der Waals surface area contributed by atoms with Gasteiger partial charge in [0.15, 0.2) is 0 Å². The summed E-state index contributed by atoms with van der Waals surface area (Å²) in [4.78, 5) is 16.5. The molecule has 0 spiro atoms. The van der Waals surface area contributed by atoms with Crippen LogP contribution < -0.4 is 4.90 Å². The molecule has 112 valence electrons. The Morgan fingerprint density at radius 2 is 2.29 bits per heavy atom. The van der Waals surface area contributed by atoms with Crippen LogP contribution in [-0.2, 0) is 4.74 Å². The highest BCUT2D eigenvalue weighted by Crippen LogP contribution is 2.29. The van der Waals surface area contributed by atoms with Crippen molar-refractivity contribution in [1.82, 2.24) is 4.98 Å². The molecule has 0 amide bonds. The number of ether oxygens (including phenoxy) is 1. The molecule has 21 heavy (non-hydrogen) atoms. The summed E-state index contributed by atoms with van der Waals surface area (Å²) in [5, 5.41) is 28.6. The minimum atomic E-state index is -0.516. The molecule has 1 saturated heterocycles. The van der Waals surface area contributed by atoms with Gasteiger partial charge in [0, 0.05) is 25.4 Å². The molecule has 0 radical (unpaired) electrons. The van der Waals surface area contributed by atoms with E-state index in [1.54, 1.807) is 0 Å². The SMILES string of the molecule is N#Cc1cnc(N2CCC(OCCO)CC2)c([N+](=O)[O-])c1. The number of piperidine rings is 1. The summed E-state index contributed by atoms with van der Waals surface area (Å²) in [6.07, 6.45) is 2.85. The van der Waals surface area contributed by atoms with Crippen molar-refractivity contribution in [2.75, 3.05) is 31.2 Å². The number of anilines is 1. The predicted molar refractivity (Wildman–Crippen MR) is 73.9 cm³/mol. The third kappa shape index (κ3) is 3.65. The Morgan fingerprint density at radius 3 is 2.86 bits per heavy atom. The normalized spacial score (nSPS) is 15.7. The summed E-state index contributed by atoms with van der Waals surface area (Å²) >= 11 is 0. The van der Waals surface area contributed by atoms with Crippen LogP contribution in [0.3, 0.4) is 0 Å². The highest BCUT2D eigenvalue weighted by Gasteiger charge is 2.26. The lowest BCUT2D eigenvalue weighted by Gasteiger charge is -2.32. The molecule has 1 N–H and O–H groups in total. The molecular formula is C13H16N4O4. The first kappa shape index (κ1) is 15.2. The van der Waals surface area contributed by atoms with Crippen molar-refractivity contribution >= 4 is 11.5 Å². The number of pyridine rings is 1. The Morgan fingerprint density at radius 1 is 1.57 bits per heavy atom. The van der Waals surface area contributed by atoms with Gasteiger partial charge < -0.3 is 14.7 Å². The Labute approximate surface area is 121 Å². The van der Waals surface area contributed by atoms with E-state index in [4.69, 9.17) is 15.1 Å². The van der Waals surface area contributed by atoms with Crippen molar-refractivity contribution in [3.8, 4) is 6.07 Å². The first-order chi connectivity index (χ1) is 10.2. The van der Waals surface area contributed by atoms with Gasteiger partial charge in [-0.3, -0.25) is 10.1 Å². The van der Waals surface area contributed by atoms with Gasteiger partial charge in [0.05, 0.1) is 29.8 Å². The highest BCUT2D eigenvalue weighted by atomic mass is 16.6. The molecule has 0 aliphatic carbocycles. The van der Waals surface area contributed by atoms with E-state index in [1.807, 2.05) is 11.0 Å². The molecule has 1 aliphatic heterocycles. The van der Waals surface area contributed by atoms with Crippen LogP contribution in [0.25, 0.3) is 0 Å². The second-order valence-electron chi connectivity index (χ2n) is 4.72. The zero-order valence-corrected chi connectivity index (χ0v) is 11.4. The van der Waals surface area contributed by atoms with Gasteiger partial charge in [-0.1, -0.05) is 0 Å². The minimum Gasteiger partial charge on any atom is -0.394 e. The Kier molecular flexibility index (Phi) is 5.03. The Balaban J connectivity index is 2.10. The number of hydrogen-bond donors (Lipinski definition) is 1. The topological polar surface area (TPSA) is 113 Å². The minimum absolute atomic E-state index is 0.0110. The summed E-state index contributed by atoms with van der Waals surface area (Å²) in [6, 6.07) is 3.10. The molecule has 1 aromatic rings. The number of rotatable bonds is 5. The molecule has 1 aromatic heterocycles.